The van der Waals surface area contributed by atoms with Gasteiger partial charge >= 0.3 is 7.12 Å². The summed E-state index contributed by atoms with van der Waals surface area (Å²) in [5.41, 5.74) is 5.71. The van der Waals surface area contributed by atoms with Crippen LogP contribution < -0.4 is 11.3 Å². The molecule has 66 valence electrons. The van der Waals surface area contributed by atoms with Gasteiger partial charge in [-0.15, -0.1) is 0 Å². The standard InChI is InChI=1S/C5H10BN3O3/c7-4-3-8-9(1-2-10)5(4)6(11)12/h3,10-12H,1-2,7H2. The van der Waals surface area contributed by atoms with Crippen LogP contribution in [0.15, 0.2) is 6.20 Å². The first-order chi connectivity index (χ1) is 5.66. The van der Waals surface area contributed by atoms with E-state index < -0.39 is 7.12 Å². The Morgan fingerprint density at radius 2 is 2.25 bits per heavy atom. The Bertz CT molecular complexity index is 262. The van der Waals surface area contributed by atoms with E-state index in [0.29, 0.717) is 0 Å². The van der Waals surface area contributed by atoms with Gasteiger partial charge < -0.3 is 20.9 Å². The van der Waals surface area contributed by atoms with Crippen molar-refractivity contribution in [3.05, 3.63) is 6.20 Å². The molecule has 0 saturated carbocycles. The fraction of sp³-hybridized carbons (Fsp3) is 0.400. The minimum absolute atomic E-state index is 0.115. The van der Waals surface area contributed by atoms with Crippen LogP contribution in [-0.4, -0.2) is 38.7 Å². The largest absolute Gasteiger partial charge is 0.509 e. The van der Waals surface area contributed by atoms with E-state index in [-0.39, 0.29) is 24.4 Å². The minimum Gasteiger partial charge on any atom is -0.422 e. The second-order valence-electron chi connectivity index (χ2n) is 2.31. The van der Waals surface area contributed by atoms with E-state index in [1.54, 1.807) is 0 Å². The summed E-state index contributed by atoms with van der Waals surface area (Å²) in [6.07, 6.45) is 1.31. The molecule has 5 N–H and O–H groups in total. The summed E-state index contributed by atoms with van der Waals surface area (Å²) in [5.74, 6) is 0. The van der Waals surface area contributed by atoms with Crippen molar-refractivity contribution in [1.29, 1.82) is 0 Å². The highest BCUT2D eigenvalue weighted by Gasteiger charge is 2.20. The quantitative estimate of drug-likeness (QED) is 0.366. The molecule has 1 rings (SSSR count). The number of hydrogen-bond donors (Lipinski definition) is 4. The van der Waals surface area contributed by atoms with Gasteiger partial charge in [0.15, 0.2) is 0 Å². The van der Waals surface area contributed by atoms with Crippen LogP contribution in [0.5, 0.6) is 0 Å². The highest BCUT2D eigenvalue weighted by Crippen LogP contribution is 1.95. The topological polar surface area (TPSA) is 105 Å². The molecule has 0 aliphatic carbocycles. The predicted octanol–water partition coefficient (Wildman–Crippen LogP) is -2.86. The molecular formula is C5H10BN3O3. The third-order valence-corrected chi connectivity index (χ3v) is 1.47. The molecule has 7 heteroatoms. The molecule has 0 unspecified atom stereocenters. The number of nitrogen functional groups attached to an aromatic ring is 1. The molecule has 1 heterocycles. The lowest BCUT2D eigenvalue weighted by molar-refractivity contribution is 0.270. The smallest absolute Gasteiger partial charge is 0.422 e. The number of aromatic nitrogens is 2. The van der Waals surface area contributed by atoms with E-state index in [0.717, 1.165) is 0 Å². The fourth-order valence-electron chi connectivity index (χ4n) is 0.965. The van der Waals surface area contributed by atoms with Crippen molar-refractivity contribution < 1.29 is 15.2 Å². The summed E-state index contributed by atoms with van der Waals surface area (Å²) in [7, 11) is -1.65. The van der Waals surface area contributed by atoms with Crippen LogP contribution in [0.3, 0.4) is 0 Å². The normalized spacial score (nSPS) is 10.2. The maximum Gasteiger partial charge on any atom is 0.509 e. The van der Waals surface area contributed by atoms with E-state index >= 15 is 0 Å². The minimum atomic E-state index is -1.65. The summed E-state index contributed by atoms with van der Waals surface area (Å²) < 4.78 is 1.25. The number of anilines is 1. The maximum absolute atomic E-state index is 8.83. The van der Waals surface area contributed by atoms with E-state index in [9.17, 15) is 0 Å². The molecule has 0 fully saturated rings. The summed E-state index contributed by atoms with van der Waals surface area (Å²) >= 11 is 0. The zero-order valence-corrected chi connectivity index (χ0v) is 6.38. The van der Waals surface area contributed by atoms with Crippen LogP contribution in [0.25, 0.3) is 0 Å². The van der Waals surface area contributed by atoms with E-state index in [1.165, 1.54) is 10.9 Å². The zero-order chi connectivity index (χ0) is 9.14. The molecule has 0 bridgehead atoms. The van der Waals surface area contributed by atoms with Gasteiger partial charge in [-0.25, -0.2) is 0 Å². The van der Waals surface area contributed by atoms with Crippen molar-refractivity contribution in [3.8, 4) is 0 Å². The molecule has 1 aromatic rings. The lowest BCUT2D eigenvalue weighted by atomic mass is 9.85. The molecule has 12 heavy (non-hydrogen) atoms. The van der Waals surface area contributed by atoms with Gasteiger partial charge in [-0.3, -0.25) is 4.68 Å². The number of rotatable bonds is 3. The fourth-order valence-corrected chi connectivity index (χ4v) is 0.965. The molecule has 0 saturated heterocycles. The number of nitrogens with zero attached hydrogens (tertiary/aromatic N) is 2. The molecule has 0 aliphatic rings. The van der Waals surface area contributed by atoms with Gasteiger partial charge in [-0.05, 0) is 0 Å². The first-order valence-electron chi connectivity index (χ1n) is 3.45. The molecule has 0 spiro atoms. The van der Waals surface area contributed by atoms with Crippen LogP contribution in [0.2, 0.25) is 0 Å². The molecule has 0 atom stereocenters. The molecular weight excluding hydrogens is 161 g/mol. The number of aliphatic hydroxyl groups excluding tert-OH is 1. The number of aliphatic hydroxyl groups is 1. The van der Waals surface area contributed by atoms with Crippen molar-refractivity contribution in [2.75, 3.05) is 12.3 Å². The molecule has 0 amide bonds. The van der Waals surface area contributed by atoms with Crippen molar-refractivity contribution in [2.45, 2.75) is 6.54 Å². The Morgan fingerprint density at radius 1 is 1.58 bits per heavy atom. The predicted molar refractivity (Wildman–Crippen MR) is 43.6 cm³/mol. The Hall–Kier alpha value is -1.05. The number of nitrogens with two attached hydrogens (primary N) is 1. The third kappa shape index (κ3) is 1.58. The average Bonchev–Trinajstić information content (AvgIpc) is 2.32. The number of hydrogen-bond acceptors (Lipinski definition) is 5. The second-order valence-corrected chi connectivity index (χ2v) is 2.31. The van der Waals surface area contributed by atoms with Gasteiger partial charge in [0.1, 0.15) is 0 Å². The molecule has 0 aromatic carbocycles. The van der Waals surface area contributed by atoms with Crippen LogP contribution in [0.4, 0.5) is 5.69 Å². The maximum atomic E-state index is 8.83. The highest BCUT2D eigenvalue weighted by molar-refractivity contribution is 6.59. The van der Waals surface area contributed by atoms with Gasteiger partial charge in [-0.2, -0.15) is 5.10 Å². The monoisotopic (exact) mass is 171 g/mol. The third-order valence-electron chi connectivity index (χ3n) is 1.47. The van der Waals surface area contributed by atoms with Crippen molar-refractivity contribution in [2.24, 2.45) is 0 Å². The molecule has 6 nitrogen and oxygen atoms in total. The van der Waals surface area contributed by atoms with Crippen LogP contribution in [0, 0.1) is 0 Å². The zero-order valence-electron chi connectivity index (χ0n) is 6.38. The summed E-state index contributed by atoms with van der Waals surface area (Å²) in [4.78, 5) is 0. The first-order valence-corrected chi connectivity index (χ1v) is 3.45. The molecule has 0 radical (unpaired) electrons. The second kappa shape index (κ2) is 3.57. The highest BCUT2D eigenvalue weighted by atomic mass is 16.4. The van der Waals surface area contributed by atoms with Gasteiger partial charge in [0.2, 0.25) is 0 Å². The lowest BCUT2D eigenvalue weighted by Gasteiger charge is -2.04. The average molecular weight is 171 g/mol. The SMILES string of the molecule is Nc1cnn(CCO)c1B(O)O. The Balaban J connectivity index is 2.95. The molecule has 0 aliphatic heterocycles. The first kappa shape index (κ1) is 9.05. The van der Waals surface area contributed by atoms with Gasteiger partial charge in [0.05, 0.1) is 30.6 Å². The van der Waals surface area contributed by atoms with Crippen LogP contribution >= 0.6 is 0 Å². The van der Waals surface area contributed by atoms with E-state index in [2.05, 4.69) is 5.10 Å². The molecule has 1 aromatic heterocycles. The van der Waals surface area contributed by atoms with Crippen molar-refractivity contribution in [1.82, 2.24) is 9.78 Å². The Kier molecular flexibility index (Phi) is 2.69. The summed E-state index contributed by atoms with van der Waals surface area (Å²) in [6, 6.07) is 0. The van der Waals surface area contributed by atoms with E-state index in [4.69, 9.17) is 20.9 Å². The Morgan fingerprint density at radius 3 is 2.75 bits per heavy atom. The Labute approximate surface area is 69.4 Å². The van der Waals surface area contributed by atoms with Crippen molar-refractivity contribution in [3.63, 3.8) is 0 Å². The van der Waals surface area contributed by atoms with Gasteiger partial charge in [0.25, 0.3) is 0 Å². The van der Waals surface area contributed by atoms with Gasteiger partial charge in [-0.1, -0.05) is 0 Å². The van der Waals surface area contributed by atoms with E-state index in [1.807, 2.05) is 0 Å². The van der Waals surface area contributed by atoms with Crippen LogP contribution in [-0.2, 0) is 6.54 Å². The summed E-state index contributed by atoms with van der Waals surface area (Å²) in [6.45, 7) is 0.0744. The lowest BCUT2D eigenvalue weighted by Crippen LogP contribution is -2.38. The van der Waals surface area contributed by atoms with Crippen LogP contribution in [0.1, 0.15) is 0 Å². The summed E-state index contributed by atoms with van der Waals surface area (Å²) in [5, 5.41) is 30.0. The van der Waals surface area contributed by atoms with Gasteiger partial charge in [0, 0.05) is 0 Å². The van der Waals surface area contributed by atoms with Crippen molar-refractivity contribution >= 4 is 18.4 Å².